The van der Waals surface area contributed by atoms with E-state index < -0.39 is 0 Å². The van der Waals surface area contributed by atoms with Gasteiger partial charge in [0.1, 0.15) is 0 Å². The molecule has 0 aliphatic heterocycles. The van der Waals surface area contributed by atoms with Crippen LogP contribution in [0.25, 0.3) is 0 Å². The first kappa shape index (κ1) is 44.0. The van der Waals surface area contributed by atoms with Gasteiger partial charge in [-0.1, -0.05) is 0 Å². The Hall–Kier alpha value is 1.96. The number of hydrogen-bond acceptors (Lipinski definition) is 0. The molecule has 0 atom stereocenters. The SMILES string of the molecule is Cl.Cl.Cl.Cl.[CH3][Sn]. The Balaban J connectivity index is -0.000000000833. The first-order valence-electron chi connectivity index (χ1n) is 0.500. The Labute approximate surface area is 76.6 Å². The van der Waals surface area contributed by atoms with Crippen LogP contribution >= 0.6 is 49.6 Å². The molecule has 0 spiro atoms. The summed E-state index contributed by atoms with van der Waals surface area (Å²) >= 11 is 1.55. The zero-order valence-corrected chi connectivity index (χ0v) is 9.25. The molecule has 0 amide bonds. The fourth-order valence-corrected chi connectivity index (χ4v) is 0. The third kappa shape index (κ3) is 38.2. The molecular weight excluding hydrogens is 273 g/mol. The van der Waals surface area contributed by atoms with Crippen LogP contribution in [0, 0.1) is 0 Å². The van der Waals surface area contributed by atoms with Crippen LogP contribution in [0.15, 0.2) is 0 Å². The molecule has 0 nitrogen and oxygen atoms in total. The molecular formula is CH7Cl4Sn. The number of hydrogen-bond donors (Lipinski definition) is 0. The Morgan fingerprint density at radius 3 is 0.667 bits per heavy atom. The summed E-state index contributed by atoms with van der Waals surface area (Å²) in [6.07, 6.45) is 0. The average molecular weight is 280 g/mol. The van der Waals surface area contributed by atoms with Gasteiger partial charge in [-0.2, -0.15) is 0 Å². The van der Waals surface area contributed by atoms with Gasteiger partial charge < -0.3 is 0 Å². The van der Waals surface area contributed by atoms with E-state index in [9.17, 15) is 0 Å². The van der Waals surface area contributed by atoms with Gasteiger partial charge in [0.25, 0.3) is 0 Å². The van der Waals surface area contributed by atoms with Gasteiger partial charge in [0, 0.05) is 0 Å². The summed E-state index contributed by atoms with van der Waals surface area (Å²) in [5.74, 6) is 0. The normalized spacial score (nSPS) is 1.00. The third-order valence-electron chi connectivity index (χ3n) is 0. The van der Waals surface area contributed by atoms with Crippen LogP contribution in [0.4, 0.5) is 0 Å². The van der Waals surface area contributed by atoms with Gasteiger partial charge in [-0.3, -0.25) is 0 Å². The predicted octanol–water partition coefficient (Wildman–Crippen LogP) is 1.89. The van der Waals surface area contributed by atoms with Crippen LogP contribution in [-0.2, 0) is 0 Å². The molecule has 3 radical (unpaired) electrons. The molecule has 0 heterocycles. The van der Waals surface area contributed by atoms with Gasteiger partial charge in [0.2, 0.25) is 0 Å². The molecule has 0 aromatic rings. The van der Waals surface area contributed by atoms with Gasteiger partial charge in [0.05, 0.1) is 0 Å². The Bertz CT molecular complexity index is 7.51. The molecule has 6 heavy (non-hydrogen) atoms. The predicted molar refractivity (Wildman–Crippen MR) is 40.6 cm³/mol. The maximum absolute atomic E-state index is 2.09. The summed E-state index contributed by atoms with van der Waals surface area (Å²) < 4.78 is 0. The van der Waals surface area contributed by atoms with Crippen molar-refractivity contribution in [3.63, 3.8) is 0 Å². The van der Waals surface area contributed by atoms with Crippen LogP contribution in [-0.4, -0.2) is 22.5 Å². The van der Waals surface area contributed by atoms with Gasteiger partial charge in [0.15, 0.2) is 0 Å². The third-order valence-corrected chi connectivity index (χ3v) is 0. The summed E-state index contributed by atoms with van der Waals surface area (Å²) in [5, 5.41) is 0. The van der Waals surface area contributed by atoms with Crippen molar-refractivity contribution in [2.45, 2.75) is 4.94 Å². The molecule has 0 unspecified atom stereocenters. The monoisotopic (exact) mass is 279 g/mol. The molecule has 0 aromatic carbocycles. The zero-order chi connectivity index (χ0) is 2.00. The van der Waals surface area contributed by atoms with Gasteiger partial charge in [-0.05, 0) is 0 Å². The first-order chi connectivity index (χ1) is 1.00. The van der Waals surface area contributed by atoms with E-state index in [0.29, 0.717) is 0 Å². The van der Waals surface area contributed by atoms with Crippen molar-refractivity contribution in [3.05, 3.63) is 0 Å². The Kier molecular flexibility index (Phi) is 473. The van der Waals surface area contributed by atoms with E-state index >= 15 is 0 Å². The van der Waals surface area contributed by atoms with Crippen molar-refractivity contribution in [1.29, 1.82) is 0 Å². The van der Waals surface area contributed by atoms with E-state index in [-0.39, 0.29) is 49.6 Å². The van der Waals surface area contributed by atoms with E-state index in [1.807, 2.05) is 0 Å². The quantitative estimate of drug-likeness (QED) is 0.594. The summed E-state index contributed by atoms with van der Waals surface area (Å²) in [6, 6.07) is 0. The fraction of sp³-hybridized carbons (Fsp3) is 1.00. The second-order valence-electron chi connectivity index (χ2n) is 0. The Morgan fingerprint density at radius 2 is 0.667 bits per heavy atom. The summed E-state index contributed by atoms with van der Waals surface area (Å²) in [4.78, 5) is 2.09. The van der Waals surface area contributed by atoms with Crippen molar-refractivity contribution in [3.8, 4) is 0 Å². The molecule has 0 aliphatic rings. The molecule has 0 aliphatic carbocycles. The number of rotatable bonds is 0. The van der Waals surface area contributed by atoms with Crippen LogP contribution in [0.1, 0.15) is 0 Å². The summed E-state index contributed by atoms with van der Waals surface area (Å²) in [6.45, 7) is 0. The van der Waals surface area contributed by atoms with E-state index in [0.717, 1.165) is 0 Å². The van der Waals surface area contributed by atoms with Crippen molar-refractivity contribution in [2.75, 3.05) is 0 Å². The minimum atomic E-state index is 0. The molecule has 0 saturated carbocycles. The standard InChI is InChI=1S/CH3.4ClH.Sn/h1H3;4*1H;. The second kappa shape index (κ2) is 64.4. The zero-order valence-electron chi connectivity index (χ0n) is 3.13. The van der Waals surface area contributed by atoms with Crippen LogP contribution < -0.4 is 0 Å². The second-order valence-corrected chi connectivity index (χ2v) is 0. The summed E-state index contributed by atoms with van der Waals surface area (Å²) in [7, 11) is 0. The van der Waals surface area contributed by atoms with Gasteiger partial charge in [-0.25, -0.2) is 0 Å². The van der Waals surface area contributed by atoms with Crippen LogP contribution in [0.5, 0.6) is 0 Å². The molecule has 0 N–H and O–H groups in total. The van der Waals surface area contributed by atoms with E-state index in [1.54, 1.807) is 22.5 Å². The van der Waals surface area contributed by atoms with Gasteiger partial charge >= 0.3 is 27.5 Å². The minimum absolute atomic E-state index is 0. The molecule has 0 saturated heterocycles. The Morgan fingerprint density at radius 1 is 0.667 bits per heavy atom. The molecule has 5 heteroatoms. The number of halogens is 4. The van der Waals surface area contributed by atoms with Crippen molar-refractivity contribution >= 4 is 72.2 Å². The van der Waals surface area contributed by atoms with Crippen LogP contribution in [0.3, 0.4) is 0 Å². The molecule has 0 aromatic heterocycles. The van der Waals surface area contributed by atoms with E-state index in [4.69, 9.17) is 0 Å². The molecule has 0 bridgehead atoms. The maximum atomic E-state index is 2.09. The topological polar surface area (TPSA) is 0 Å². The van der Waals surface area contributed by atoms with Crippen molar-refractivity contribution in [1.82, 2.24) is 0 Å². The first-order valence-corrected chi connectivity index (χ1v) is 3.35. The van der Waals surface area contributed by atoms with Crippen molar-refractivity contribution < 1.29 is 0 Å². The molecule has 0 rings (SSSR count). The fourth-order valence-electron chi connectivity index (χ4n) is 0. The van der Waals surface area contributed by atoms with E-state index in [1.165, 1.54) is 0 Å². The van der Waals surface area contributed by atoms with Crippen LogP contribution in [0.2, 0.25) is 4.94 Å². The molecule has 0 fully saturated rings. The van der Waals surface area contributed by atoms with Crippen molar-refractivity contribution in [2.24, 2.45) is 0 Å². The van der Waals surface area contributed by atoms with E-state index in [2.05, 4.69) is 4.94 Å². The average Bonchev–Trinajstić information content (AvgIpc) is 1.00. The molecule has 43 valence electrons. The summed E-state index contributed by atoms with van der Waals surface area (Å²) in [5.41, 5.74) is 0. The van der Waals surface area contributed by atoms with Gasteiger partial charge in [-0.15, -0.1) is 49.6 Å².